The van der Waals surface area contributed by atoms with Crippen LogP contribution in [0, 0.1) is 0 Å². The van der Waals surface area contributed by atoms with Gasteiger partial charge in [0.25, 0.3) is 0 Å². The predicted molar refractivity (Wildman–Crippen MR) is 112 cm³/mol. The molecule has 0 spiro atoms. The van der Waals surface area contributed by atoms with E-state index in [0.29, 0.717) is 26.7 Å². The van der Waals surface area contributed by atoms with Gasteiger partial charge in [0.05, 0.1) is 21.0 Å². The predicted octanol–water partition coefficient (Wildman–Crippen LogP) is 5.40. The fraction of sp³-hybridized carbons (Fsp3) is 0.105. The molecule has 0 fully saturated rings. The van der Waals surface area contributed by atoms with E-state index in [0.717, 1.165) is 5.56 Å². The Balaban J connectivity index is 1.61. The number of nitrogens with one attached hydrogen (secondary N) is 2. The SMILES string of the molecule is CC(Sc1n[nH]c(/C=C/c2ccccc2)n1)C(=O)Nc1c(Cl)cccc1Cl. The fourth-order valence-corrected chi connectivity index (χ4v) is 3.40. The van der Waals surface area contributed by atoms with Gasteiger partial charge in [-0.3, -0.25) is 9.89 Å². The second-order valence-corrected chi connectivity index (χ2v) is 7.72. The molecule has 1 atom stereocenters. The summed E-state index contributed by atoms with van der Waals surface area (Å²) in [5.74, 6) is 0.379. The average Bonchev–Trinajstić information content (AvgIpc) is 3.11. The summed E-state index contributed by atoms with van der Waals surface area (Å²) in [6.07, 6.45) is 3.77. The number of nitrogens with zero attached hydrogens (tertiary/aromatic N) is 2. The number of thioether (sulfide) groups is 1. The topological polar surface area (TPSA) is 70.7 Å². The van der Waals surface area contributed by atoms with Gasteiger partial charge >= 0.3 is 0 Å². The van der Waals surface area contributed by atoms with E-state index in [1.165, 1.54) is 11.8 Å². The largest absolute Gasteiger partial charge is 0.323 e. The van der Waals surface area contributed by atoms with Gasteiger partial charge in [-0.25, -0.2) is 4.98 Å². The van der Waals surface area contributed by atoms with Gasteiger partial charge in [-0.1, -0.05) is 77.4 Å². The fourth-order valence-electron chi connectivity index (χ4n) is 2.18. The number of rotatable bonds is 6. The van der Waals surface area contributed by atoms with Crippen LogP contribution in [0.2, 0.25) is 10.0 Å². The van der Waals surface area contributed by atoms with Gasteiger partial charge < -0.3 is 5.32 Å². The van der Waals surface area contributed by atoms with Crippen LogP contribution in [0.5, 0.6) is 0 Å². The van der Waals surface area contributed by atoms with Gasteiger partial charge in [-0.05, 0) is 30.7 Å². The van der Waals surface area contributed by atoms with E-state index >= 15 is 0 Å². The first kappa shape index (κ1) is 19.5. The lowest BCUT2D eigenvalue weighted by molar-refractivity contribution is -0.115. The second kappa shape index (κ2) is 9.08. The smallest absolute Gasteiger partial charge is 0.237 e. The molecule has 0 radical (unpaired) electrons. The summed E-state index contributed by atoms with van der Waals surface area (Å²) >= 11 is 13.4. The summed E-state index contributed by atoms with van der Waals surface area (Å²) in [4.78, 5) is 16.8. The Morgan fingerprint density at radius 3 is 2.52 bits per heavy atom. The third kappa shape index (κ3) is 5.35. The molecule has 2 N–H and O–H groups in total. The lowest BCUT2D eigenvalue weighted by Gasteiger charge is -2.12. The monoisotopic (exact) mass is 418 g/mol. The van der Waals surface area contributed by atoms with Crippen LogP contribution in [0.3, 0.4) is 0 Å². The highest BCUT2D eigenvalue weighted by Crippen LogP contribution is 2.31. The van der Waals surface area contributed by atoms with Crippen LogP contribution in [-0.4, -0.2) is 26.3 Å². The molecule has 1 unspecified atom stereocenters. The molecule has 27 heavy (non-hydrogen) atoms. The molecule has 0 saturated heterocycles. The molecule has 1 amide bonds. The van der Waals surface area contributed by atoms with Gasteiger partial charge in [-0.2, -0.15) is 0 Å². The van der Waals surface area contributed by atoms with E-state index in [1.807, 2.05) is 42.5 Å². The van der Waals surface area contributed by atoms with Crippen LogP contribution in [0.15, 0.2) is 53.7 Å². The maximum Gasteiger partial charge on any atom is 0.237 e. The van der Waals surface area contributed by atoms with Crippen molar-refractivity contribution in [2.45, 2.75) is 17.3 Å². The lowest BCUT2D eigenvalue weighted by Crippen LogP contribution is -2.22. The van der Waals surface area contributed by atoms with Crippen LogP contribution in [0.4, 0.5) is 5.69 Å². The Labute approximate surface area is 171 Å². The zero-order chi connectivity index (χ0) is 19.2. The first-order chi connectivity index (χ1) is 13.0. The minimum Gasteiger partial charge on any atom is -0.323 e. The van der Waals surface area contributed by atoms with Crippen molar-refractivity contribution in [3.05, 3.63) is 70.0 Å². The van der Waals surface area contributed by atoms with E-state index in [2.05, 4.69) is 20.5 Å². The maximum atomic E-state index is 12.4. The molecule has 138 valence electrons. The highest BCUT2D eigenvalue weighted by atomic mass is 35.5. The molecule has 5 nitrogen and oxygen atoms in total. The third-order valence-electron chi connectivity index (χ3n) is 3.58. The summed E-state index contributed by atoms with van der Waals surface area (Å²) < 4.78 is 0. The highest BCUT2D eigenvalue weighted by molar-refractivity contribution is 8.00. The zero-order valence-electron chi connectivity index (χ0n) is 14.3. The summed E-state index contributed by atoms with van der Waals surface area (Å²) in [6, 6.07) is 14.9. The number of hydrogen-bond acceptors (Lipinski definition) is 4. The zero-order valence-corrected chi connectivity index (χ0v) is 16.6. The number of carbonyl (C=O) groups is 1. The average molecular weight is 419 g/mol. The summed E-state index contributed by atoms with van der Waals surface area (Å²) in [5.41, 5.74) is 1.47. The Hall–Kier alpha value is -2.28. The number of aromatic amines is 1. The van der Waals surface area contributed by atoms with Crippen molar-refractivity contribution in [1.82, 2.24) is 15.2 Å². The van der Waals surface area contributed by atoms with E-state index in [1.54, 1.807) is 25.1 Å². The van der Waals surface area contributed by atoms with Crippen molar-refractivity contribution >= 4 is 58.7 Å². The van der Waals surface area contributed by atoms with Gasteiger partial charge in [0.15, 0.2) is 0 Å². The van der Waals surface area contributed by atoms with Crippen molar-refractivity contribution in [2.75, 3.05) is 5.32 Å². The van der Waals surface area contributed by atoms with Crippen molar-refractivity contribution < 1.29 is 4.79 Å². The number of carbonyl (C=O) groups excluding carboxylic acids is 1. The number of anilines is 1. The van der Waals surface area contributed by atoms with Crippen LogP contribution in [-0.2, 0) is 4.79 Å². The number of H-pyrrole nitrogens is 1. The molecule has 0 aliphatic carbocycles. The molecule has 2 aromatic carbocycles. The normalized spacial score (nSPS) is 12.3. The van der Waals surface area contributed by atoms with Gasteiger partial charge in [0.1, 0.15) is 5.82 Å². The van der Waals surface area contributed by atoms with Gasteiger partial charge in [0, 0.05) is 0 Å². The number of aromatic nitrogens is 3. The van der Waals surface area contributed by atoms with E-state index < -0.39 is 5.25 Å². The second-order valence-electron chi connectivity index (χ2n) is 5.59. The molecule has 3 aromatic rings. The van der Waals surface area contributed by atoms with E-state index in [4.69, 9.17) is 23.2 Å². The minimum atomic E-state index is -0.431. The minimum absolute atomic E-state index is 0.235. The first-order valence-corrected chi connectivity index (χ1v) is 9.73. The van der Waals surface area contributed by atoms with Gasteiger partial charge in [-0.15, -0.1) is 5.10 Å². The molecule has 8 heteroatoms. The number of hydrogen-bond donors (Lipinski definition) is 2. The number of para-hydroxylation sites is 1. The van der Waals surface area contributed by atoms with Crippen molar-refractivity contribution in [2.24, 2.45) is 0 Å². The van der Waals surface area contributed by atoms with Crippen LogP contribution in [0.25, 0.3) is 12.2 Å². The Morgan fingerprint density at radius 1 is 1.11 bits per heavy atom. The summed E-state index contributed by atoms with van der Waals surface area (Å²) in [6.45, 7) is 1.76. The van der Waals surface area contributed by atoms with Crippen molar-refractivity contribution in [1.29, 1.82) is 0 Å². The molecule has 1 aromatic heterocycles. The maximum absolute atomic E-state index is 12.4. The van der Waals surface area contributed by atoms with Crippen LogP contribution >= 0.6 is 35.0 Å². The molecule has 1 heterocycles. The van der Waals surface area contributed by atoms with E-state index in [-0.39, 0.29) is 5.91 Å². The van der Waals surface area contributed by atoms with E-state index in [9.17, 15) is 4.79 Å². The summed E-state index contributed by atoms with van der Waals surface area (Å²) in [5, 5.41) is 10.6. The van der Waals surface area contributed by atoms with Crippen molar-refractivity contribution in [3.8, 4) is 0 Å². The standard InChI is InChI=1S/C19H16Cl2N4OS/c1-12(18(26)23-17-14(20)8-5-9-15(17)21)27-19-22-16(24-25-19)11-10-13-6-3-2-4-7-13/h2-12H,1H3,(H,23,26)(H,22,24,25)/b11-10+. The van der Waals surface area contributed by atoms with Crippen LogP contribution in [0.1, 0.15) is 18.3 Å². The molecular formula is C19H16Cl2N4OS. The van der Waals surface area contributed by atoms with Gasteiger partial charge in [0.2, 0.25) is 11.1 Å². The molecule has 0 saturated carbocycles. The van der Waals surface area contributed by atoms with Crippen molar-refractivity contribution in [3.63, 3.8) is 0 Å². The molecule has 3 rings (SSSR count). The van der Waals surface area contributed by atoms with Crippen LogP contribution < -0.4 is 5.32 Å². The highest BCUT2D eigenvalue weighted by Gasteiger charge is 2.19. The Kier molecular flexibility index (Phi) is 6.55. The summed E-state index contributed by atoms with van der Waals surface area (Å²) in [7, 11) is 0. The molecule has 0 aliphatic rings. The number of amides is 1. The Bertz CT molecular complexity index is 939. The number of benzene rings is 2. The third-order valence-corrected chi connectivity index (χ3v) is 5.17. The Morgan fingerprint density at radius 2 is 1.81 bits per heavy atom. The number of halogens is 2. The quantitative estimate of drug-likeness (QED) is 0.525. The molecule has 0 bridgehead atoms. The first-order valence-electron chi connectivity index (χ1n) is 8.10. The molecular weight excluding hydrogens is 403 g/mol. The lowest BCUT2D eigenvalue weighted by atomic mass is 10.2. The molecule has 0 aliphatic heterocycles.